The Morgan fingerprint density at radius 1 is 1.11 bits per heavy atom. The predicted octanol–water partition coefficient (Wildman–Crippen LogP) is 4.93. The van der Waals surface area contributed by atoms with Crippen LogP contribution in [0.1, 0.15) is 93.4 Å². The first-order chi connectivity index (χ1) is 31.4. The van der Waals surface area contributed by atoms with Gasteiger partial charge in [0.2, 0.25) is 5.91 Å². The highest BCUT2D eigenvalue weighted by atomic mass is 33.1. The summed E-state index contributed by atoms with van der Waals surface area (Å²) in [4.78, 5) is 61.8. The number of nitrogens with one attached hydrogen (secondary N) is 1. The van der Waals surface area contributed by atoms with Crippen molar-refractivity contribution in [1.82, 2.24) is 15.2 Å². The summed E-state index contributed by atoms with van der Waals surface area (Å²) in [5.74, 6) is -1.22. The van der Waals surface area contributed by atoms with Crippen LogP contribution in [0, 0.1) is 17.8 Å². The number of hydrogen-bond donors (Lipinski definition) is 5. The topological polar surface area (TPSA) is 215 Å². The van der Waals surface area contributed by atoms with Gasteiger partial charge in [0.05, 0.1) is 25.0 Å². The third-order valence-electron chi connectivity index (χ3n) is 15.9. The summed E-state index contributed by atoms with van der Waals surface area (Å²) < 4.78 is 20.2. The number of nitrogens with two attached hydrogens (primary N) is 1. The van der Waals surface area contributed by atoms with E-state index in [0.717, 1.165) is 49.5 Å². The van der Waals surface area contributed by atoms with Gasteiger partial charge in [0.1, 0.15) is 23.4 Å². The summed E-state index contributed by atoms with van der Waals surface area (Å²) in [5.41, 5.74) is 6.64. The van der Waals surface area contributed by atoms with E-state index in [4.69, 9.17) is 19.6 Å². The second kappa shape index (κ2) is 18.1. The van der Waals surface area contributed by atoms with E-state index in [2.05, 4.69) is 10.3 Å². The molecule has 65 heavy (non-hydrogen) atoms. The molecule has 0 radical (unpaired) electrons. The first-order valence-electron chi connectivity index (χ1n) is 23.0. The first kappa shape index (κ1) is 45.9. The monoisotopic (exact) mass is 928 g/mol. The SMILES string of the molecule is C/C=C(\CCO)C(=O)O[C@]1(C)[C@@H](CO)C=C2CSS[C@@H]3C[C@H](C=O)[C@H](NC)[C@H]4CN(C(=O)Cc5cnc(N)cc5[C@H]2[C@]12Cc1cc5cc(C6(CCO)CCCCC6)c(=O)oc5cc1O2)[C@H]43. The Bertz CT molecular complexity index is 2480. The van der Waals surface area contributed by atoms with E-state index >= 15 is 0 Å². The number of hydrogen-bond acceptors (Lipinski definition) is 15. The van der Waals surface area contributed by atoms with Crippen LogP contribution < -0.4 is 21.4 Å². The van der Waals surface area contributed by atoms with Crippen LogP contribution in [0.15, 0.2) is 63.0 Å². The molecule has 2 saturated carbocycles. The highest BCUT2D eigenvalue weighted by Crippen LogP contribution is 2.60. The zero-order valence-corrected chi connectivity index (χ0v) is 38.9. The lowest BCUT2D eigenvalue weighted by Gasteiger charge is -2.58. The van der Waals surface area contributed by atoms with Gasteiger partial charge < -0.3 is 50.0 Å². The molecule has 6 N–H and O–H groups in total. The number of aldehydes is 1. The number of anilines is 1. The smallest absolute Gasteiger partial charge is 0.340 e. The maximum Gasteiger partial charge on any atom is 0.340 e. The number of amides is 1. The Hall–Kier alpha value is -4.19. The molecule has 3 aliphatic heterocycles. The number of benzene rings is 1. The van der Waals surface area contributed by atoms with Gasteiger partial charge in [0.15, 0.2) is 11.2 Å². The van der Waals surface area contributed by atoms with Crippen LogP contribution in [0.5, 0.6) is 5.75 Å². The molecule has 1 saturated heterocycles. The summed E-state index contributed by atoms with van der Waals surface area (Å²) in [6.07, 6.45) is 12.1. The van der Waals surface area contributed by atoms with Crippen molar-refractivity contribution < 1.29 is 43.6 Å². The Morgan fingerprint density at radius 3 is 2.62 bits per heavy atom. The fraction of sp³-hybridized carbons (Fsp3) is 0.571. The maximum absolute atomic E-state index is 14.6. The number of nitrogen functional groups attached to an aromatic ring is 1. The van der Waals surface area contributed by atoms with Gasteiger partial charge >= 0.3 is 11.6 Å². The predicted molar refractivity (Wildman–Crippen MR) is 250 cm³/mol. The second-order valence-electron chi connectivity index (χ2n) is 19.1. The fourth-order valence-electron chi connectivity index (χ4n) is 12.5. The average molecular weight is 929 g/mol. The first-order valence-corrected chi connectivity index (χ1v) is 25.4. The molecule has 1 aromatic carbocycles. The summed E-state index contributed by atoms with van der Waals surface area (Å²) in [5, 5.41) is 35.6. The van der Waals surface area contributed by atoms with E-state index in [1.165, 1.54) is 0 Å². The van der Waals surface area contributed by atoms with Crippen LogP contribution in [0.25, 0.3) is 11.0 Å². The lowest BCUT2D eigenvalue weighted by molar-refractivity contribution is -0.199. The van der Waals surface area contributed by atoms with Crippen molar-refractivity contribution in [3.63, 3.8) is 0 Å². The summed E-state index contributed by atoms with van der Waals surface area (Å²) >= 11 is 0. The van der Waals surface area contributed by atoms with E-state index in [0.29, 0.717) is 58.5 Å². The molecule has 1 amide bonds. The summed E-state index contributed by atoms with van der Waals surface area (Å²) in [6, 6.07) is 7.28. The van der Waals surface area contributed by atoms with Crippen molar-refractivity contribution in [3.05, 3.63) is 86.4 Å². The molecule has 9 atom stereocenters. The quantitative estimate of drug-likeness (QED) is 0.0455. The van der Waals surface area contributed by atoms with Gasteiger partial charge in [0, 0.05) is 102 Å². The van der Waals surface area contributed by atoms with Crippen LogP contribution in [0.2, 0.25) is 0 Å². The Labute approximate surface area is 386 Å². The van der Waals surface area contributed by atoms with Gasteiger partial charge in [-0.25, -0.2) is 14.6 Å². The average Bonchev–Trinajstić information content (AvgIpc) is 3.65. The number of pyridine rings is 1. The van der Waals surface area contributed by atoms with Crippen molar-refractivity contribution in [2.24, 2.45) is 17.8 Å². The van der Waals surface area contributed by atoms with Gasteiger partial charge in [-0.15, -0.1) is 0 Å². The number of nitrogens with zero attached hydrogens (tertiary/aromatic N) is 2. The van der Waals surface area contributed by atoms with Crippen LogP contribution in [-0.4, -0.2) is 111 Å². The minimum Gasteiger partial charge on any atom is -0.481 e. The molecule has 348 valence electrons. The zero-order chi connectivity index (χ0) is 45.8. The molecule has 0 bridgehead atoms. The van der Waals surface area contributed by atoms with Crippen LogP contribution in [0.3, 0.4) is 0 Å². The molecule has 3 fully saturated rings. The largest absolute Gasteiger partial charge is 0.481 e. The molecule has 14 nitrogen and oxygen atoms in total. The van der Waals surface area contributed by atoms with E-state index in [-0.39, 0.29) is 78.9 Å². The number of carbonyl (C=O) groups excluding carboxylic acids is 3. The number of aromatic nitrogens is 1. The Kier molecular flexibility index (Phi) is 12.8. The highest BCUT2D eigenvalue weighted by Gasteiger charge is 2.67. The Balaban J connectivity index is 1.22. The van der Waals surface area contributed by atoms with Crippen LogP contribution >= 0.6 is 21.6 Å². The standard InChI is InChI=1S/C49H60N4O10S2/c1-4-27(8-12-54)45(59)63-47(2)33(25-57)15-32-26-64-65-39-17-31(24-56)43(51-3)35-23-53(44(35)39)41(58)18-30-22-52-40(50)19-34(30)42(32)49(47)21-29-14-28-16-36(46(60)61-37(28)20-38(29)62-49)48(11-13-55)9-6-5-7-10-48/h4,14-16,19-20,22,24,31,33,35,39,42-44,51,54-55,57H,5-13,17-18,21,23,25-26H2,1-3H3,(H2,50,52)/b27-4+/t31-,33-,35-,39-,42+,43+,44-,47-,49-/m1/s1. The van der Waals surface area contributed by atoms with Crippen LogP contribution in [0.4, 0.5) is 5.82 Å². The Morgan fingerprint density at radius 2 is 1.91 bits per heavy atom. The normalized spacial score (nSPS) is 31.8. The zero-order valence-electron chi connectivity index (χ0n) is 37.3. The number of rotatable bonds is 10. The molecule has 6 aliphatic rings. The molecular formula is C49H60N4O10S2. The molecule has 3 aromatic rings. The van der Waals surface area contributed by atoms with Crippen molar-refractivity contribution in [2.75, 3.05) is 44.9 Å². The summed E-state index contributed by atoms with van der Waals surface area (Å²) in [7, 11) is 5.18. The number of carbonyl (C=O) groups is 3. The molecule has 1 spiro atoms. The number of aliphatic hydroxyl groups is 3. The lowest BCUT2D eigenvalue weighted by atomic mass is 9.58. The number of aliphatic hydroxyl groups excluding tert-OH is 3. The highest BCUT2D eigenvalue weighted by molar-refractivity contribution is 8.77. The van der Waals surface area contributed by atoms with Crippen molar-refractivity contribution in [2.45, 2.75) is 118 Å². The van der Waals surface area contributed by atoms with E-state index in [1.54, 1.807) is 59.8 Å². The number of ether oxygens (including phenoxy) is 2. The molecule has 0 unspecified atom stereocenters. The minimum atomic E-state index is -1.59. The second-order valence-corrected chi connectivity index (χ2v) is 21.7. The van der Waals surface area contributed by atoms with E-state index in [9.17, 15) is 34.5 Å². The third-order valence-corrected chi connectivity index (χ3v) is 18.7. The number of fused-ring (bicyclic) bond motifs is 6. The van der Waals surface area contributed by atoms with Crippen molar-refractivity contribution in [1.29, 1.82) is 0 Å². The van der Waals surface area contributed by atoms with Gasteiger partial charge in [0.25, 0.3) is 0 Å². The summed E-state index contributed by atoms with van der Waals surface area (Å²) in [6.45, 7) is 3.28. The van der Waals surface area contributed by atoms with Gasteiger partial charge in [-0.2, -0.15) is 0 Å². The molecule has 3 aliphatic carbocycles. The number of allylic oxidation sites excluding steroid dienone is 1. The molecule has 5 heterocycles. The van der Waals surface area contributed by atoms with Gasteiger partial charge in [-0.1, -0.05) is 58.6 Å². The molecule has 16 heteroatoms. The van der Waals surface area contributed by atoms with Crippen molar-refractivity contribution >= 4 is 56.5 Å². The molecular weight excluding hydrogens is 869 g/mol. The minimum absolute atomic E-state index is 0.0110. The van der Waals surface area contributed by atoms with Gasteiger partial charge in [-0.05, 0) is 81.5 Å². The van der Waals surface area contributed by atoms with E-state index in [1.807, 2.05) is 30.2 Å². The van der Waals surface area contributed by atoms with Crippen LogP contribution in [-0.2, 0) is 37.4 Å². The number of esters is 1. The lowest BCUT2D eigenvalue weighted by Crippen LogP contribution is -2.72. The third kappa shape index (κ3) is 7.63. The van der Waals surface area contributed by atoms with Gasteiger partial charge in [-0.3, -0.25) is 4.79 Å². The van der Waals surface area contributed by atoms with E-state index < -0.39 is 46.7 Å². The van der Waals surface area contributed by atoms with Crippen molar-refractivity contribution in [3.8, 4) is 5.75 Å². The molecule has 9 rings (SSSR count). The molecule has 2 aromatic heterocycles. The maximum atomic E-state index is 14.6. The fourth-order valence-corrected chi connectivity index (χ4v) is 15.6.